The average Bonchev–Trinajstić information content (AvgIpc) is 2.38. The number of halogens is 2. The predicted octanol–water partition coefficient (Wildman–Crippen LogP) is 4.40. The minimum Gasteiger partial charge on any atom is -0.253 e. The van der Waals surface area contributed by atoms with Crippen molar-refractivity contribution >= 4 is 25.2 Å². The number of aromatic nitrogens is 1. The molecule has 0 fully saturated rings. The van der Waals surface area contributed by atoms with Gasteiger partial charge in [0.2, 0.25) is 0 Å². The number of hydrogen-bond acceptors (Lipinski definition) is 1. The second-order valence-corrected chi connectivity index (χ2v) is 5.33. The van der Waals surface area contributed by atoms with E-state index < -0.39 is 0 Å². The van der Waals surface area contributed by atoms with E-state index in [0.717, 1.165) is 27.6 Å². The van der Waals surface area contributed by atoms with Crippen LogP contribution in [0.4, 0.5) is 4.39 Å². The summed E-state index contributed by atoms with van der Waals surface area (Å²) in [7, 11) is 2.71. The SMILES string of the molecule is FCCc1cc(Br)cc(-c2cccc(CP)c2)n1. The van der Waals surface area contributed by atoms with Gasteiger partial charge in [0.15, 0.2) is 0 Å². The van der Waals surface area contributed by atoms with Crippen molar-refractivity contribution < 1.29 is 4.39 Å². The quantitative estimate of drug-likeness (QED) is 0.759. The largest absolute Gasteiger partial charge is 0.253 e. The topological polar surface area (TPSA) is 12.9 Å². The third-order valence-corrected chi connectivity index (χ3v) is 3.58. The van der Waals surface area contributed by atoms with Crippen LogP contribution in [0.3, 0.4) is 0 Å². The summed E-state index contributed by atoms with van der Waals surface area (Å²) in [6, 6.07) is 12.1. The van der Waals surface area contributed by atoms with E-state index in [4.69, 9.17) is 0 Å². The Kier molecular flexibility index (Phi) is 4.85. The van der Waals surface area contributed by atoms with Gasteiger partial charge in [-0.3, -0.25) is 9.37 Å². The van der Waals surface area contributed by atoms with Gasteiger partial charge in [-0.1, -0.05) is 34.1 Å². The van der Waals surface area contributed by atoms with Crippen LogP contribution in [0.5, 0.6) is 0 Å². The highest BCUT2D eigenvalue weighted by molar-refractivity contribution is 9.10. The predicted molar refractivity (Wildman–Crippen MR) is 80.5 cm³/mol. The molecule has 0 radical (unpaired) electrons. The molecular formula is C14H14BrFNP. The maximum Gasteiger partial charge on any atom is 0.0949 e. The first-order valence-electron chi connectivity index (χ1n) is 5.74. The second-order valence-electron chi connectivity index (χ2n) is 4.01. The number of hydrogen-bond donors (Lipinski definition) is 0. The summed E-state index contributed by atoms with van der Waals surface area (Å²) in [6.07, 6.45) is 1.27. The number of nitrogens with zero attached hydrogens (tertiary/aromatic N) is 1. The monoisotopic (exact) mass is 325 g/mol. The Balaban J connectivity index is 2.42. The van der Waals surface area contributed by atoms with Gasteiger partial charge in [-0.15, -0.1) is 9.24 Å². The van der Waals surface area contributed by atoms with Crippen LogP contribution in [0.2, 0.25) is 0 Å². The summed E-state index contributed by atoms with van der Waals surface area (Å²) in [4.78, 5) is 4.49. The molecule has 1 aromatic carbocycles. The van der Waals surface area contributed by atoms with E-state index in [1.54, 1.807) is 0 Å². The molecule has 18 heavy (non-hydrogen) atoms. The highest BCUT2D eigenvalue weighted by Crippen LogP contribution is 2.24. The zero-order valence-corrected chi connectivity index (χ0v) is 12.6. The molecule has 0 amide bonds. The molecule has 2 aromatic rings. The molecule has 1 nitrogen and oxygen atoms in total. The molecule has 0 aliphatic rings. The molecule has 0 aliphatic carbocycles. The van der Waals surface area contributed by atoms with Crippen molar-refractivity contribution in [1.82, 2.24) is 4.98 Å². The van der Waals surface area contributed by atoms with E-state index in [2.05, 4.69) is 42.3 Å². The van der Waals surface area contributed by atoms with E-state index in [9.17, 15) is 4.39 Å². The van der Waals surface area contributed by atoms with Gasteiger partial charge in [0.25, 0.3) is 0 Å². The first-order chi connectivity index (χ1) is 8.72. The molecule has 0 saturated heterocycles. The Morgan fingerprint density at radius 1 is 1.22 bits per heavy atom. The van der Waals surface area contributed by atoms with Gasteiger partial charge in [-0.2, -0.15) is 0 Å². The van der Waals surface area contributed by atoms with Crippen LogP contribution in [0, 0.1) is 0 Å². The van der Waals surface area contributed by atoms with E-state index >= 15 is 0 Å². The summed E-state index contributed by atoms with van der Waals surface area (Å²) < 4.78 is 13.3. The van der Waals surface area contributed by atoms with Crippen molar-refractivity contribution in [2.24, 2.45) is 0 Å². The van der Waals surface area contributed by atoms with Crippen molar-refractivity contribution in [3.8, 4) is 11.3 Å². The normalized spacial score (nSPS) is 10.6. The van der Waals surface area contributed by atoms with Crippen molar-refractivity contribution in [1.29, 1.82) is 0 Å². The number of rotatable bonds is 4. The van der Waals surface area contributed by atoms with E-state index in [0.29, 0.717) is 6.42 Å². The molecule has 94 valence electrons. The molecule has 0 saturated carbocycles. The molecule has 0 N–H and O–H groups in total. The molecule has 2 rings (SSSR count). The van der Waals surface area contributed by atoms with Gasteiger partial charge >= 0.3 is 0 Å². The molecule has 1 atom stereocenters. The summed E-state index contributed by atoms with van der Waals surface area (Å²) in [5, 5.41) is 0. The Labute approximate surface area is 117 Å². The Morgan fingerprint density at radius 3 is 2.78 bits per heavy atom. The van der Waals surface area contributed by atoms with Gasteiger partial charge in [0.05, 0.1) is 12.4 Å². The first-order valence-corrected chi connectivity index (χ1v) is 7.35. The summed E-state index contributed by atoms with van der Waals surface area (Å²) in [6.45, 7) is -0.380. The number of alkyl halides is 1. The van der Waals surface area contributed by atoms with E-state index in [1.165, 1.54) is 5.56 Å². The Morgan fingerprint density at radius 2 is 2.06 bits per heavy atom. The molecule has 1 heterocycles. The van der Waals surface area contributed by atoms with Crippen LogP contribution in [0.15, 0.2) is 40.9 Å². The van der Waals surface area contributed by atoms with Crippen LogP contribution < -0.4 is 0 Å². The fraction of sp³-hybridized carbons (Fsp3) is 0.214. The lowest BCUT2D eigenvalue weighted by atomic mass is 10.1. The summed E-state index contributed by atoms with van der Waals surface area (Å²) >= 11 is 3.45. The standard InChI is InChI=1S/C14H14BrFNP/c15-12-7-13(4-5-16)17-14(8-12)11-3-1-2-10(6-11)9-18/h1-3,6-8H,4-5,9,18H2. The van der Waals surface area contributed by atoms with Crippen LogP contribution in [0.25, 0.3) is 11.3 Å². The fourth-order valence-corrected chi connectivity index (χ4v) is 2.52. The second kappa shape index (κ2) is 6.40. The van der Waals surface area contributed by atoms with Crippen molar-refractivity contribution in [2.45, 2.75) is 12.6 Å². The molecular weight excluding hydrogens is 312 g/mol. The first kappa shape index (κ1) is 13.6. The molecule has 1 unspecified atom stereocenters. The van der Waals surface area contributed by atoms with Gasteiger partial charge in [0, 0.05) is 22.2 Å². The zero-order valence-electron chi connectivity index (χ0n) is 9.87. The lowest BCUT2D eigenvalue weighted by Crippen LogP contribution is -1.94. The summed E-state index contributed by atoms with van der Waals surface area (Å²) in [5.41, 5.74) is 3.97. The van der Waals surface area contributed by atoms with Crippen molar-refractivity contribution in [3.63, 3.8) is 0 Å². The van der Waals surface area contributed by atoms with Gasteiger partial charge < -0.3 is 0 Å². The highest BCUT2D eigenvalue weighted by Gasteiger charge is 2.04. The van der Waals surface area contributed by atoms with Crippen molar-refractivity contribution in [3.05, 3.63) is 52.1 Å². The number of benzene rings is 1. The van der Waals surface area contributed by atoms with Crippen LogP contribution in [-0.4, -0.2) is 11.7 Å². The number of aryl methyl sites for hydroxylation is 1. The molecule has 1 aromatic heterocycles. The van der Waals surface area contributed by atoms with Gasteiger partial charge in [-0.05, 0) is 29.9 Å². The summed E-state index contributed by atoms with van der Waals surface area (Å²) in [5.74, 6) is 0. The molecule has 0 aliphatic heterocycles. The van der Waals surface area contributed by atoms with Gasteiger partial charge in [-0.25, -0.2) is 0 Å². The van der Waals surface area contributed by atoms with Gasteiger partial charge in [0.1, 0.15) is 0 Å². The van der Waals surface area contributed by atoms with Crippen LogP contribution in [-0.2, 0) is 12.6 Å². The average molecular weight is 326 g/mol. The lowest BCUT2D eigenvalue weighted by Gasteiger charge is -2.06. The fourth-order valence-electron chi connectivity index (χ4n) is 1.78. The maximum atomic E-state index is 12.4. The Hall–Kier alpha value is -0.790. The highest BCUT2D eigenvalue weighted by atomic mass is 79.9. The Bertz CT molecular complexity index is 545. The molecule has 4 heteroatoms. The van der Waals surface area contributed by atoms with E-state index in [1.807, 2.05) is 24.3 Å². The molecule has 0 bridgehead atoms. The number of pyridine rings is 1. The minimum absolute atomic E-state index is 0.357. The smallest absolute Gasteiger partial charge is 0.0949 e. The van der Waals surface area contributed by atoms with Crippen LogP contribution >= 0.6 is 25.2 Å². The lowest BCUT2D eigenvalue weighted by molar-refractivity contribution is 0.492. The minimum atomic E-state index is -0.380. The van der Waals surface area contributed by atoms with Crippen LogP contribution in [0.1, 0.15) is 11.3 Å². The van der Waals surface area contributed by atoms with Crippen molar-refractivity contribution in [2.75, 3.05) is 6.67 Å². The molecule has 0 spiro atoms. The maximum absolute atomic E-state index is 12.4. The zero-order chi connectivity index (χ0) is 13.0. The van der Waals surface area contributed by atoms with E-state index in [-0.39, 0.29) is 6.67 Å². The third kappa shape index (κ3) is 3.37. The third-order valence-electron chi connectivity index (χ3n) is 2.65.